The number of aryl methyl sites for hydroxylation is 2. The van der Waals surface area contributed by atoms with Crippen LogP contribution in [0.2, 0.25) is 0 Å². The van der Waals surface area contributed by atoms with Gasteiger partial charge in [-0.15, -0.1) is 0 Å². The fraction of sp³-hybridized carbons (Fsp3) is 0.545. The molecule has 0 atom stereocenters. The fourth-order valence-electron chi connectivity index (χ4n) is 5.43. The third-order valence-corrected chi connectivity index (χ3v) is 8.68. The standard InChI is InChI=1S/C22H29N6O4S/c1-26-10-8-17(9-11-26)27(18-13-23-24-14-18)33(31,32)28(30)22(29)25-21-19-6-2-4-15(19)12-16-5-3-7-20(16)21/h12-14,17H,2-11H2,1H3,(H,23,24)(H,25,29)/q-1. The van der Waals surface area contributed by atoms with Crippen LogP contribution >= 0.6 is 0 Å². The summed E-state index contributed by atoms with van der Waals surface area (Å²) in [5, 5.41) is 22.2. The first kappa shape index (κ1) is 22.2. The smallest absolute Gasteiger partial charge is 0.326 e. The van der Waals surface area contributed by atoms with E-state index >= 15 is 0 Å². The SMILES string of the molecule is CN1CCC(N(c2cn[nH]c2)S(=O)(=O)N([O-])C(=O)Nc2c3c(cc4c2CCC4)CCC3)CC1. The first-order chi connectivity index (χ1) is 15.9. The fourth-order valence-corrected chi connectivity index (χ4v) is 6.80. The number of hydrogen-bond donors (Lipinski definition) is 2. The van der Waals surface area contributed by atoms with Crippen LogP contribution in [0.5, 0.6) is 0 Å². The van der Waals surface area contributed by atoms with Crippen LogP contribution in [0.3, 0.4) is 0 Å². The van der Waals surface area contributed by atoms with Crippen molar-refractivity contribution in [3.05, 3.63) is 45.9 Å². The number of anilines is 2. The normalized spacial score (nSPS) is 18.7. The number of fused-ring (bicyclic) bond motifs is 2. The van der Waals surface area contributed by atoms with Crippen molar-refractivity contribution >= 4 is 27.6 Å². The number of piperidine rings is 1. The number of nitrogens with one attached hydrogen (secondary N) is 2. The number of hydrogen-bond acceptors (Lipinski definition) is 6. The zero-order chi connectivity index (χ0) is 23.2. The van der Waals surface area contributed by atoms with Gasteiger partial charge < -0.3 is 15.4 Å². The molecule has 1 aliphatic heterocycles. The third kappa shape index (κ3) is 3.98. The Morgan fingerprint density at radius 1 is 1.15 bits per heavy atom. The number of aromatic amines is 1. The van der Waals surface area contributed by atoms with E-state index in [1.54, 1.807) is 0 Å². The molecule has 1 saturated heterocycles. The number of H-pyrrole nitrogens is 1. The topological polar surface area (TPSA) is 125 Å². The number of nitrogens with zero attached hydrogens (tertiary/aromatic N) is 4. The maximum Gasteiger partial charge on any atom is 0.326 e. The van der Waals surface area contributed by atoms with Gasteiger partial charge in [0.25, 0.3) is 0 Å². The van der Waals surface area contributed by atoms with E-state index in [1.165, 1.54) is 23.5 Å². The van der Waals surface area contributed by atoms with Crippen LogP contribution in [0.4, 0.5) is 16.2 Å². The Morgan fingerprint density at radius 2 is 1.79 bits per heavy atom. The maximum atomic E-state index is 13.4. The molecule has 2 aliphatic carbocycles. The number of benzene rings is 1. The first-order valence-corrected chi connectivity index (χ1v) is 12.9. The van der Waals surface area contributed by atoms with Crippen molar-refractivity contribution in [2.75, 3.05) is 29.8 Å². The summed E-state index contributed by atoms with van der Waals surface area (Å²) in [5.74, 6) is 0. The summed E-state index contributed by atoms with van der Waals surface area (Å²) in [6, 6.07) is 0.608. The second-order valence-electron chi connectivity index (χ2n) is 9.19. The summed E-state index contributed by atoms with van der Waals surface area (Å²) < 4.78 is 27.5. The molecule has 33 heavy (non-hydrogen) atoms. The monoisotopic (exact) mass is 473 g/mol. The lowest BCUT2D eigenvalue weighted by Gasteiger charge is -2.41. The van der Waals surface area contributed by atoms with E-state index in [9.17, 15) is 18.4 Å². The van der Waals surface area contributed by atoms with Gasteiger partial charge in [0.15, 0.2) is 0 Å². The second kappa shape index (κ2) is 8.62. The van der Waals surface area contributed by atoms with Crippen molar-refractivity contribution in [3.63, 3.8) is 0 Å². The molecule has 0 saturated carbocycles. The molecule has 1 aromatic carbocycles. The van der Waals surface area contributed by atoms with Gasteiger partial charge in [-0.2, -0.15) is 13.5 Å². The molecule has 0 unspecified atom stereocenters. The molecule has 3 aliphatic rings. The van der Waals surface area contributed by atoms with Crippen LogP contribution in [-0.2, 0) is 35.9 Å². The van der Waals surface area contributed by atoms with E-state index in [0.29, 0.717) is 31.6 Å². The van der Waals surface area contributed by atoms with Gasteiger partial charge >= 0.3 is 16.2 Å². The highest BCUT2D eigenvalue weighted by atomic mass is 32.2. The van der Waals surface area contributed by atoms with E-state index < -0.39 is 26.8 Å². The van der Waals surface area contributed by atoms with Gasteiger partial charge in [0, 0.05) is 17.9 Å². The van der Waals surface area contributed by atoms with E-state index in [4.69, 9.17) is 0 Å². The van der Waals surface area contributed by atoms with Crippen LogP contribution < -0.4 is 9.62 Å². The summed E-state index contributed by atoms with van der Waals surface area (Å²) in [4.78, 5) is 15.1. The Kier molecular flexibility index (Phi) is 5.79. The van der Waals surface area contributed by atoms with Crippen molar-refractivity contribution in [2.45, 2.75) is 57.4 Å². The average Bonchev–Trinajstić information content (AvgIpc) is 3.56. The Bertz CT molecular complexity index is 1110. The molecule has 2 N–H and O–H groups in total. The van der Waals surface area contributed by atoms with E-state index in [0.717, 1.165) is 54.0 Å². The predicted octanol–water partition coefficient (Wildman–Crippen LogP) is 2.56. The average molecular weight is 474 g/mol. The van der Waals surface area contributed by atoms with Gasteiger partial charge in [-0.3, -0.25) is 9.57 Å². The number of carbonyl (C=O) groups is 1. The third-order valence-electron chi connectivity index (χ3n) is 7.09. The molecule has 11 heteroatoms. The molecule has 1 aromatic heterocycles. The number of hydroxylamine groups is 1. The van der Waals surface area contributed by atoms with Crippen LogP contribution in [-0.4, -0.2) is 60.2 Å². The minimum Gasteiger partial charge on any atom is -0.740 e. The van der Waals surface area contributed by atoms with Gasteiger partial charge in [-0.05, 0) is 93.8 Å². The summed E-state index contributed by atoms with van der Waals surface area (Å²) >= 11 is 0. The lowest BCUT2D eigenvalue weighted by molar-refractivity contribution is 0.242. The van der Waals surface area contributed by atoms with Crippen molar-refractivity contribution in [2.24, 2.45) is 0 Å². The minimum absolute atomic E-state index is 0.250. The Hall–Kier alpha value is -2.63. The predicted molar refractivity (Wildman–Crippen MR) is 125 cm³/mol. The molecule has 0 spiro atoms. The maximum absolute atomic E-state index is 13.4. The summed E-state index contributed by atoms with van der Waals surface area (Å²) in [6.45, 7) is 1.39. The number of rotatable bonds is 5. The summed E-state index contributed by atoms with van der Waals surface area (Å²) in [5.41, 5.74) is 5.36. The quantitative estimate of drug-likeness (QED) is 0.643. The molecule has 2 amide bonds. The first-order valence-electron chi connectivity index (χ1n) is 11.5. The van der Waals surface area contributed by atoms with Crippen molar-refractivity contribution < 1.29 is 13.2 Å². The van der Waals surface area contributed by atoms with Crippen LogP contribution in [0.15, 0.2) is 18.5 Å². The van der Waals surface area contributed by atoms with Crippen LogP contribution in [0.25, 0.3) is 0 Å². The highest BCUT2D eigenvalue weighted by Crippen LogP contribution is 2.39. The Labute approximate surface area is 193 Å². The van der Waals surface area contributed by atoms with Crippen molar-refractivity contribution in [3.8, 4) is 0 Å². The van der Waals surface area contributed by atoms with Crippen LogP contribution in [0.1, 0.15) is 47.9 Å². The molecule has 178 valence electrons. The largest absolute Gasteiger partial charge is 0.740 e. The highest BCUT2D eigenvalue weighted by molar-refractivity contribution is 7.91. The molecule has 0 radical (unpaired) electrons. The van der Waals surface area contributed by atoms with Crippen molar-refractivity contribution in [1.82, 2.24) is 19.6 Å². The van der Waals surface area contributed by atoms with Crippen molar-refractivity contribution in [1.29, 1.82) is 0 Å². The number of likely N-dealkylation sites (tertiary alicyclic amines) is 1. The number of carbonyl (C=O) groups excluding carboxylic acids is 1. The summed E-state index contributed by atoms with van der Waals surface area (Å²) in [6.07, 6.45) is 9.39. The number of amides is 2. The van der Waals surface area contributed by atoms with E-state index in [-0.39, 0.29) is 5.69 Å². The second-order valence-corrected chi connectivity index (χ2v) is 10.8. The molecule has 0 bridgehead atoms. The minimum atomic E-state index is -4.67. The Morgan fingerprint density at radius 3 is 2.36 bits per heavy atom. The molecule has 1 fully saturated rings. The molecular weight excluding hydrogens is 444 g/mol. The number of aromatic nitrogens is 2. The lowest BCUT2D eigenvalue weighted by atomic mass is 9.99. The Balaban J connectivity index is 1.43. The molecule has 2 aromatic rings. The van der Waals surface area contributed by atoms with E-state index in [2.05, 4.69) is 26.5 Å². The van der Waals surface area contributed by atoms with Gasteiger partial charge in [-0.25, -0.2) is 9.10 Å². The van der Waals surface area contributed by atoms with E-state index in [1.807, 2.05) is 7.05 Å². The zero-order valence-corrected chi connectivity index (χ0v) is 19.5. The lowest BCUT2D eigenvalue weighted by Crippen LogP contribution is -2.52. The molecule has 5 rings (SSSR count). The van der Waals surface area contributed by atoms with Gasteiger partial charge in [0.2, 0.25) is 0 Å². The van der Waals surface area contributed by atoms with Gasteiger partial charge in [0.1, 0.15) is 0 Å². The van der Waals surface area contributed by atoms with Gasteiger partial charge in [0.05, 0.1) is 11.9 Å². The highest BCUT2D eigenvalue weighted by Gasteiger charge is 2.36. The zero-order valence-electron chi connectivity index (χ0n) is 18.7. The molecule has 2 heterocycles. The number of urea groups is 1. The van der Waals surface area contributed by atoms with Crippen LogP contribution in [0, 0.1) is 5.21 Å². The summed E-state index contributed by atoms with van der Waals surface area (Å²) in [7, 11) is -2.70. The van der Waals surface area contributed by atoms with Gasteiger partial charge in [-0.1, -0.05) is 6.07 Å². The molecule has 10 nitrogen and oxygen atoms in total. The molecular formula is C22H29N6O4S-.